The number of carboxylic acid groups (broad SMARTS) is 1. The molecule has 2 N–H and O–H groups in total. The average Bonchev–Trinajstić information content (AvgIpc) is 2.93. The van der Waals surface area contributed by atoms with Gasteiger partial charge in [0.05, 0.1) is 35.2 Å². The minimum Gasteiger partial charge on any atom is -0.481 e. The highest BCUT2D eigenvalue weighted by Gasteiger charge is 2.39. The largest absolute Gasteiger partial charge is 0.481 e. The van der Waals surface area contributed by atoms with E-state index in [0.717, 1.165) is 23.4 Å². The number of nitrogens with zero attached hydrogens (tertiary/aromatic N) is 2. The molecule has 0 spiro atoms. The van der Waals surface area contributed by atoms with Crippen LogP contribution in [0.1, 0.15) is 6.42 Å². The van der Waals surface area contributed by atoms with E-state index >= 15 is 0 Å². The summed E-state index contributed by atoms with van der Waals surface area (Å²) in [5.74, 6) is -1.06. The van der Waals surface area contributed by atoms with Crippen LogP contribution in [0.2, 0.25) is 0 Å². The van der Waals surface area contributed by atoms with Crippen molar-refractivity contribution in [3.05, 3.63) is 18.2 Å². The first-order chi connectivity index (χ1) is 11.5. The molecule has 0 fully saturated rings. The van der Waals surface area contributed by atoms with Crippen molar-refractivity contribution in [3.8, 4) is 0 Å². The van der Waals surface area contributed by atoms with E-state index in [9.17, 15) is 18.4 Å². The van der Waals surface area contributed by atoms with Crippen LogP contribution in [-0.2, 0) is 18.9 Å². The van der Waals surface area contributed by atoms with Gasteiger partial charge in [-0.3, -0.25) is 10.0 Å². The molecule has 1 aromatic carbocycles. The van der Waals surface area contributed by atoms with E-state index in [1.54, 1.807) is 18.2 Å². The van der Waals surface area contributed by atoms with E-state index in [0.29, 0.717) is 20.3 Å². The monoisotopic (exact) mass is 598 g/mol. The number of carbonyl (C=O) groups is 1. The third-order valence-electron chi connectivity index (χ3n) is 2.61. The molecule has 0 amide bonds. The predicted octanol–water partition coefficient (Wildman–Crippen LogP) is 3.97. The van der Waals surface area contributed by atoms with Crippen molar-refractivity contribution in [2.45, 2.75) is 17.1 Å². The first kappa shape index (κ1) is 21.5. The first-order valence-electron chi connectivity index (χ1n) is 6.25. The second-order valence-electron chi connectivity index (χ2n) is 4.44. The Hall–Kier alpha value is 0.200. The smallest absolute Gasteiger partial charge is 0.304 e. The van der Waals surface area contributed by atoms with Gasteiger partial charge in [-0.05, 0) is 66.0 Å². The van der Waals surface area contributed by atoms with Gasteiger partial charge in [-0.1, -0.05) is 5.23 Å². The molecule has 25 heavy (non-hydrogen) atoms. The molecule has 0 unspecified atom stereocenters. The molecule has 138 valence electrons. The number of fused-ring (bicyclic) bond motifs is 1. The Labute approximate surface area is 176 Å². The Kier molecular flexibility index (Phi) is 7.29. The Balaban J connectivity index is 2.14. The van der Waals surface area contributed by atoms with Gasteiger partial charge in [0.25, 0.3) is 0 Å². The summed E-state index contributed by atoms with van der Waals surface area (Å²) in [6, 6.07) is 4.93. The highest BCUT2D eigenvalue weighted by molar-refractivity contribution is 9.42. The summed E-state index contributed by atoms with van der Waals surface area (Å²) in [5.41, 5.74) is 0.448. The van der Waals surface area contributed by atoms with Crippen molar-refractivity contribution in [1.29, 1.82) is 0 Å². The molecule has 0 bridgehead atoms. The van der Waals surface area contributed by atoms with E-state index in [4.69, 9.17) is 9.39 Å². The Morgan fingerprint density at radius 2 is 2.08 bits per heavy atom. The van der Waals surface area contributed by atoms with E-state index in [1.807, 2.05) is 0 Å². The molecule has 1 heterocycles. The quantitative estimate of drug-likeness (QED) is 0.277. The van der Waals surface area contributed by atoms with Gasteiger partial charge in [0.2, 0.25) is 15.7 Å². The number of alkyl halides is 3. The topological polar surface area (TPSA) is 117 Å². The summed E-state index contributed by atoms with van der Waals surface area (Å²) < 4.78 is 28.7. The number of halogens is 3. The number of aliphatic carboxylic acids is 1. The molecule has 0 aliphatic carbocycles. The number of aromatic nitrogens is 1. The highest BCUT2D eigenvalue weighted by Crippen LogP contribution is 2.45. The molecule has 8 nitrogen and oxygen atoms in total. The van der Waals surface area contributed by atoms with Crippen molar-refractivity contribution < 1.29 is 27.8 Å². The number of hydrogen-bond donors (Lipinski definition) is 2. The van der Waals surface area contributed by atoms with Gasteiger partial charge < -0.3 is 5.11 Å². The van der Waals surface area contributed by atoms with Crippen LogP contribution >= 0.6 is 71.2 Å². The molecule has 0 saturated carbocycles. The lowest BCUT2D eigenvalue weighted by Crippen LogP contribution is -2.20. The summed E-state index contributed by atoms with van der Waals surface area (Å²) in [6.45, 7) is -0.201. The highest BCUT2D eigenvalue weighted by atomic mass is 80.0. The first-order valence-corrected chi connectivity index (χ1v) is 11.7. The van der Waals surface area contributed by atoms with Gasteiger partial charge in [0.1, 0.15) is 0 Å². The molecule has 0 aliphatic rings. The van der Waals surface area contributed by atoms with Gasteiger partial charge in [0.15, 0.2) is 0 Å². The zero-order valence-corrected chi connectivity index (χ0v) is 19.1. The van der Waals surface area contributed by atoms with Crippen molar-refractivity contribution in [2.24, 2.45) is 0 Å². The Bertz CT molecular complexity index is 883. The second-order valence-corrected chi connectivity index (χ2v) is 16.9. The summed E-state index contributed by atoms with van der Waals surface area (Å²) >= 11 is 10.8. The molecule has 0 atom stereocenters. The Morgan fingerprint density at radius 1 is 1.40 bits per heavy atom. The van der Waals surface area contributed by atoms with Crippen LogP contribution in [0.3, 0.4) is 0 Å². The third-order valence-corrected chi connectivity index (χ3v) is 10.0. The average molecular weight is 601 g/mol. The number of rotatable bonds is 7. The van der Waals surface area contributed by atoms with E-state index in [-0.39, 0.29) is 17.3 Å². The van der Waals surface area contributed by atoms with Gasteiger partial charge in [-0.2, -0.15) is 4.28 Å². The van der Waals surface area contributed by atoms with E-state index in [1.165, 1.54) is 0 Å². The normalized spacial score (nSPS) is 12.8. The van der Waals surface area contributed by atoms with E-state index < -0.39 is 17.3 Å². The number of carboxylic acids is 1. The molecule has 0 aliphatic heterocycles. The van der Waals surface area contributed by atoms with Crippen LogP contribution in [0.5, 0.6) is 0 Å². The Morgan fingerprint density at radius 3 is 2.68 bits per heavy atom. The number of hydrogen-bond acceptors (Lipinski definition) is 9. The van der Waals surface area contributed by atoms with Gasteiger partial charge >= 0.3 is 5.97 Å². The lowest BCUT2D eigenvalue weighted by molar-refractivity contribution is -0.272. The standard InChI is InChI=1S/C11H9Br3N2O6S3/c12-11(13,14)25(20,21)10-15-7-5-6(1-2-8(7)23-10)24-22-16(19)4-3-9(17)18/h1-2,5,19H,3-4H2,(H,17,18). The van der Waals surface area contributed by atoms with Crippen molar-refractivity contribution in [1.82, 2.24) is 10.2 Å². The maximum Gasteiger partial charge on any atom is 0.304 e. The van der Waals surface area contributed by atoms with Gasteiger partial charge in [0, 0.05) is 4.90 Å². The van der Waals surface area contributed by atoms with E-state index in [2.05, 4.69) is 52.8 Å². The number of thiazole rings is 1. The predicted molar refractivity (Wildman–Crippen MR) is 104 cm³/mol. The fourth-order valence-corrected chi connectivity index (χ4v) is 6.52. The van der Waals surface area contributed by atoms with Crippen molar-refractivity contribution >= 4 is 97.2 Å². The molecular formula is C11H9Br3N2O6S3. The van der Waals surface area contributed by atoms with Crippen molar-refractivity contribution in [2.75, 3.05) is 6.54 Å². The number of sulfone groups is 1. The maximum absolute atomic E-state index is 12.3. The van der Waals surface area contributed by atoms with Gasteiger partial charge in [-0.15, -0.1) is 11.3 Å². The second kappa shape index (κ2) is 8.48. The van der Waals surface area contributed by atoms with Crippen LogP contribution in [0.15, 0.2) is 27.4 Å². The fourth-order valence-electron chi connectivity index (χ4n) is 1.47. The number of benzene rings is 1. The summed E-state index contributed by atoms with van der Waals surface area (Å²) in [4.78, 5) is 15.1. The summed E-state index contributed by atoms with van der Waals surface area (Å²) in [7, 11) is -3.78. The van der Waals surface area contributed by atoms with Crippen LogP contribution in [-0.4, -0.2) is 42.9 Å². The molecular weight excluding hydrogens is 592 g/mol. The van der Waals surface area contributed by atoms with Gasteiger partial charge in [-0.25, -0.2) is 13.4 Å². The lowest BCUT2D eigenvalue weighted by atomic mass is 10.3. The third kappa shape index (κ3) is 5.59. The minimum atomic E-state index is -3.78. The SMILES string of the molecule is O=C(O)CCN(O)OSc1ccc2sc(S(=O)(=O)C(Br)(Br)Br)nc2c1. The zero-order valence-electron chi connectivity index (χ0n) is 11.9. The summed E-state index contributed by atoms with van der Waals surface area (Å²) in [5, 5.41) is 18.3. The fraction of sp³-hybridized carbons (Fsp3) is 0.273. The van der Waals surface area contributed by atoms with Crippen LogP contribution in [0.25, 0.3) is 10.2 Å². The molecule has 14 heteroatoms. The van der Waals surface area contributed by atoms with Crippen LogP contribution in [0.4, 0.5) is 0 Å². The lowest BCUT2D eigenvalue weighted by Gasteiger charge is -2.11. The molecule has 2 rings (SSSR count). The van der Waals surface area contributed by atoms with Crippen LogP contribution < -0.4 is 0 Å². The zero-order chi connectivity index (χ0) is 18.8. The number of hydroxylamine groups is 2. The molecule has 0 radical (unpaired) electrons. The summed E-state index contributed by atoms with van der Waals surface area (Å²) in [6.07, 6.45) is -0.281. The molecule has 0 saturated heterocycles. The van der Waals surface area contributed by atoms with Crippen LogP contribution in [0, 0.1) is 0 Å². The minimum absolute atomic E-state index is 0.0820. The molecule has 1 aromatic heterocycles. The molecule has 2 aromatic rings. The maximum atomic E-state index is 12.3. The van der Waals surface area contributed by atoms with Crippen molar-refractivity contribution in [3.63, 3.8) is 0 Å².